The first-order chi connectivity index (χ1) is 9.90. The Balaban J connectivity index is 2.42. The fraction of sp³-hybridized carbons (Fsp3) is 0.312. The molecule has 0 radical (unpaired) electrons. The Labute approximate surface area is 130 Å². The number of aryl methyl sites for hydroxylation is 1. The first-order valence-corrected chi connectivity index (χ1v) is 7.31. The topological polar surface area (TPSA) is 63.8 Å². The van der Waals surface area contributed by atoms with E-state index in [4.69, 9.17) is 18.0 Å². The zero-order valence-corrected chi connectivity index (χ0v) is 13.6. The molecule has 0 bridgehead atoms. The first kappa shape index (κ1) is 15.4. The molecule has 0 amide bonds. The van der Waals surface area contributed by atoms with Crippen molar-refractivity contribution in [1.82, 2.24) is 10.2 Å². The van der Waals surface area contributed by atoms with Gasteiger partial charge < -0.3 is 11.1 Å². The Kier molecular flexibility index (Phi) is 4.53. The number of benzene rings is 1. The predicted octanol–water partition coefficient (Wildman–Crippen LogP) is 3.59. The molecule has 0 aliphatic heterocycles. The maximum Gasteiger partial charge on any atom is 0.163 e. The molecule has 0 aliphatic rings. The van der Waals surface area contributed by atoms with E-state index in [2.05, 4.69) is 41.5 Å². The standard InChI is InChI=1S/C16H20N4S/c1-9(2)12-6-5-7-13(8-12)18-16-14(15(17)21)10(3)11(4)19-20-16/h5-9H,1-4H3,(H2,17,21)(H,18,20). The number of hydrogen-bond acceptors (Lipinski definition) is 4. The summed E-state index contributed by atoms with van der Waals surface area (Å²) in [6.45, 7) is 8.17. The van der Waals surface area contributed by atoms with Crippen LogP contribution in [-0.4, -0.2) is 15.2 Å². The Morgan fingerprint density at radius 3 is 2.57 bits per heavy atom. The highest BCUT2D eigenvalue weighted by molar-refractivity contribution is 7.80. The number of nitrogens with zero attached hydrogens (tertiary/aromatic N) is 2. The lowest BCUT2D eigenvalue weighted by atomic mass is 10.0. The van der Waals surface area contributed by atoms with Gasteiger partial charge in [-0.25, -0.2) is 0 Å². The summed E-state index contributed by atoms with van der Waals surface area (Å²) in [5.74, 6) is 1.07. The van der Waals surface area contributed by atoms with Gasteiger partial charge in [0.05, 0.1) is 11.3 Å². The molecule has 3 N–H and O–H groups in total. The van der Waals surface area contributed by atoms with Gasteiger partial charge in [-0.15, -0.1) is 5.10 Å². The van der Waals surface area contributed by atoms with Crippen molar-refractivity contribution < 1.29 is 0 Å². The Morgan fingerprint density at radius 1 is 1.24 bits per heavy atom. The molecule has 0 saturated heterocycles. The van der Waals surface area contributed by atoms with Gasteiger partial charge in [0.1, 0.15) is 4.99 Å². The van der Waals surface area contributed by atoms with Crippen molar-refractivity contribution in [2.45, 2.75) is 33.6 Å². The maximum absolute atomic E-state index is 5.84. The van der Waals surface area contributed by atoms with Crippen LogP contribution in [0.1, 0.15) is 42.1 Å². The third kappa shape index (κ3) is 3.36. The fourth-order valence-electron chi connectivity index (χ4n) is 2.11. The molecule has 0 unspecified atom stereocenters. The minimum Gasteiger partial charge on any atom is -0.389 e. The van der Waals surface area contributed by atoms with Crippen LogP contribution in [0.4, 0.5) is 11.5 Å². The van der Waals surface area contributed by atoms with E-state index in [1.54, 1.807) is 0 Å². The summed E-state index contributed by atoms with van der Waals surface area (Å²) >= 11 is 5.15. The zero-order chi connectivity index (χ0) is 15.6. The van der Waals surface area contributed by atoms with E-state index in [0.717, 1.165) is 22.5 Å². The fourth-order valence-corrected chi connectivity index (χ4v) is 2.36. The summed E-state index contributed by atoms with van der Waals surface area (Å²) in [5, 5.41) is 11.6. The molecular weight excluding hydrogens is 280 g/mol. The van der Waals surface area contributed by atoms with Crippen molar-refractivity contribution in [3.8, 4) is 0 Å². The second kappa shape index (κ2) is 6.18. The Hall–Kier alpha value is -2.01. The molecule has 2 aromatic rings. The van der Waals surface area contributed by atoms with Gasteiger partial charge in [-0.3, -0.25) is 0 Å². The Morgan fingerprint density at radius 2 is 1.95 bits per heavy atom. The lowest BCUT2D eigenvalue weighted by Gasteiger charge is -2.14. The lowest BCUT2D eigenvalue weighted by Crippen LogP contribution is -2.16. The predicted molar refractivity (Wildman–Crippen MR) is 91.2 cm³/mol. The second-order valence-corrected chi connectivity index (χ2v) is 5.84. The highest BCUT2D eigenvalue weighted by atomic mass is 32.1. The quantitative estimate of drug-likeness (QED) is 0.845. The molecular formula is C16H20N4S. The third-order valence-electron chi connectivity index (χ3n) is 3.52. The van der Waals surface area contributed by atoms with E-state index in [-0.39, 0.29) is 0 Å². The summed E-state index contributed by atoms with van der Waals surface area (Å²) in [4.78, 5) is 0.327. The normalized spacial score (nSPS) is 10.7. The van der Waals surface area contributed by atoms with E-state index in [0.29, 0.717) is 16.7 Å². The number of anilines is 2. The largest absolute Gasteiger partial charge is 0.389 e. The SMILES string of the molecule is Cc1nnc(Nc2cccc(C(C)C)c2)c(C(N)=S)c1C. The monoisotopic (exact) mass is 300 g/mol. The summed E-state index contributed by atoms with van der Waals surface area (Å²) in [6, 6.07) is 8.22. The van der Waals surface area contributed by atoms with Crippen LogP contribution in [0.25, 0.3) is 0 Å². The van der Waals surface area contributed by atoms with Crippen LogP contribution in [0, 0.1) is 13.8 Å². The minimum absolute atomic E-state index is 0.327. The van der Waals surface area contributed by atoms with Gasteiger partial charge in [-0.2, -0.15) is 5.10 Å². The average molecular weight is 300 g/mol. The van der Waals surface area contributed by atoms with Crippen molar-refractivity contribution in [3.05, 3.63) is 46.6 Å². The number of thiocarbonyl (C=S) groups is 1. The summed E-state index contributed by atoms with van der Waals surface area (Å²) in [5.41, 5.74) is 10.6. The number of hydrogen-bond donors (Lipinski definition) is 2. The smallest absolute Gasteiger partial charge is 0.163 e. The van der Waals surface area contributed by atoms with Crippen LogP contribution in [0.15, 0.2) is 24.3 Å². The maximum atomic E-state index is 5.84. The molecule has 0 saturated carbocycles. The highest BCUT2D eigenvalue weighted by Gasteiger charge is 2.14. The van der Waals surface area contributed by atoms with E-state index >= 15 is 0 Å². The van der Waals surface area contributed by atoms with Crippen molar-refractivity contribution in [2.24, 2.45) is 5.73 Å². The van der Waals surface area contributed by atoms with Crippen LogP contribution in [0.5, 0.6) is 0 Å². The highest BCUT2D eigenvalue weighted by Crippen LogP contribution is 2.24. The van der Waals surface area contributed by atoms with Crippen molar-refractivity contribution in [1.29, 1.82) is 0 Å². The van der Waals surface area contributed by atoms with Gasteiger partial charge in [0, 0.05) is 5.69 Å². The van der Waals surface area contributed by atoms with Crippen molar-refractivity contribution in [3.63, 3.8) is 0 Å². The van der Waals surface area contributed by atoms with Gasteiger partial charge in [-0.05, 0) is 43.0 Å². The van der Waals surface area contributed by atoms with Crippen LogP contribution in [0.3, 0.4) is 0 Å². The molecule has 0 aliphatic carbocycles. The summed E-state index contributed by atoms with van der Waals surface area (Å²) in [6.07, 6.45) is 0. The number of nitrogens with one attached hydrogen (secondary N) is 1. The molecule has 4 nitrogen and oxygen atoms in total. The molecule has 0 fully saturated rings. The third-order valence-corrected chi connectivity index (χ3v) is 3.72. The second-order valence-electron chi connectivity index (χ2n) is 5.40. The van der Waals surface area contributed by atoms with E-state index in [9.17, 15) is 0 Å². The average Bonchev–Trinajstić information content (AvgIpc) is 2.43. The van der Waals surface area contributed by atoms with Gasteiger partial charge in [0.15, 0.2) is 5.82 Å². The lowest BCUT2D eigenvalue weighted by molar-refractivity contribution is 0.867. The van der Waals surface area contributed by atoms with Gasteiger partial charge >= 0.3 is 0 Å². The number of rotatable bonds is 4. The van der Waals surface area contributed by atoms with Crippen molar-refractivity contribution in [2.75, 3.05) is 5.32 Å². The van der Waals surface area contributed by atoms with Gasteiger partial charge in [0.2, 0.25) is 0 Å². The zero-order valence-electron chi connectivity index (χ0n) is 12.8. The molecule has 1 aromatic carbocycles. The van der Waals surface area contributed by atoms with Crippen LogP contribution >= 0.6 is 12.2 Å². The van der Waals surface area contributed by atoms with E-state index in [1.165, 1.54) is 5.56 Å². The number of aromatic nitrogens is 2. The van der Waals surface area contributed by atoms with Crippen LogP contribution in [-0.2, 0) is 0 Å². The van der Waals surface area contributed by atoms with Crippen molar-refractivity contribution >= 4 is 28.7 Å². The summed E-state index contributed by atoms with van der Waals surface area (Å²) < 4.78 is 0. The molecule has 1 heterocycles. The van der Waals surface area contributed by atoms with Gasteiger partial charge in [-0.1, -0.05) is 38.2 Å². The summed E-state index contributed by atoms with van der Waals surface area (Å²) in [7, 11) is 0. The van der Waals surface area contributed by atoms with E-state index < -0.39 is 0 Å². The molecule has 110 valence electrons. The Bertz CT molecular complexity index is 680. The first-order valence-electron chi connectivity index (χ1n) is 6.90. The molecule has 0 atom stereocenters. The molecule has 5 heteroatoms. The number of nitrogens with two attached hydrogens (primary N) is 1. The van der Waals surface area contributed by atoms with Crippen LogP contribution < -0.4 is 11.1 Å². The molecule has 1 aromatic heterocycles. The molecule has 21 heavy (non-hydrogen) atoms. The molecule has 2 rings (SSSR count). The minimum atomic E-state index is 0.327. The molecule has 0 spiro atoms. The van der Waals surface area contributed by atoms with Crippen LogP contribution in [0.2, 0.25) is 0 Å². The van der Waals surface area contributed by atoms with Gasteiger partial charge in [0.25, 0.3) is 0 Å². The van der Waals surface area contributed by atoms with E-state index in [1.807, 2.05) is 26.0 Å².